The first-order valence-corrected chi connectivity index (χ1v) is 5.25. The number of aryl methyl sites for hydroxylation is 1. The second-order valence-corrected chi connectivity index (χ2v) is 3.73. The smallest absolute Gasteiger partial charge is 0.125 e. The predicted octanol–water partition coefficient (Wildman–Crippen LogP) is 2.46. The van der Waals surface area contributed by atoms with Crippen molar-refractivity contribution in [1.82, 2.24) is 0 Å². The largest absolute Gasteiger partial charge is 0.493 e. The predicted molar refractivity (Wildman–Crippen MR) is 55.5 cm³/mol. The van der Waals surface area contributed by atoms with Crippen LogP contribution in [0.15, 0.2) is 18.2 Å². The topological polar surface area (TPSA) is 29.5 Å². The number of ether oxygens (including phenoxy) is 1. The van der Waals surface area contributed by atoms with Crippen LogP contribution < -0.4 is 4.74 Å². The van der Waals surface area contributed by atoms with Gasteiger partial charge in [0.15, 0.2) is 0 Å². The van der Waals surface area contributed by atoms with Crippen molar-refractivity contribution < 1.29 is 9.84 Å². The fourth-order valence-corrected chi connectivity index (χ4v) is 1.96. The van der Waals surface area contributed by atoms with Crippen LogP contribution in [0.25, 0.3) is 0 Å². The van der Waals surface area contributed by atoms with Gasteiger partial charge in [-0.25, -0.2) is 0 Å². The van der Waals surface area contributed by atoms with E-state index in [-0.39, 0.29) is 6.10 Å². The fourth-order valence-electron chi connectivity index (χ4n) is 1.96. The Hall–Kier alpha value is -1.02. The Morgan fingerprint density at radius 2 is 2.36 bits per heavy atom. The van der Waals surface area contributed by atoms with Gasteiger partial charge in [-0.3, -0.25) is 0 Å². The fraction of sp³-hybridized carbons (Fsp3) is 0.500. The average Bonchev–Trinajstić information content (AvgIpc) is 2.58. The molecule has 0 aromatic heterocycles. The molecule has 1 unspecified atom stereocenters. The van der Waals surface area contributed by atoms with E-state index in [9.17, 15) is 5.11 Å². The Balaban J connectivity index is 2.27. The van der Waals surface area contributed by atoms with Crippen LogP contribution >= 0.6 is 0 Å². The second-order valence-electron chi connectivity index (χ2n) is 3.73. The molecule has 2 nitrogen and oxygen atoms in total. The molecule has 1 aromatic rings. The molecule has 0 spiro atoms. The number of rotatable bonds is 3. The minimum atomic E-state index is -0.321. The van der Waals surface area contributed by atoms with E-state index in [1.807, 2.05) is 12.1 Å². The summed E-state index contributed by atoms with van der Waals surface area (Å²) in [6.45, 7) is 2.81. The van der Waals surface area contributed by atoms with Crippen molar-refractivity contribution in [2.45, 2.75) is 32.3 Å². The number of aliphatic hydroxyl groups is 1. The average molecular weight is 192 g/mol. The van der Waals surface area contributed by atoms with Crippen LogP contribution in [0.3, 0.4) is 0 Å². The molecule has 2 rings (SSSR count). The number of benzene rings is 1. The second kappa shape index (κ2) is 4.01. The number of fused-ring (bicyclic) bond motifs is 1. The summed E-state index contributed by atoms with van der Waals surface area (Å²) in [7, 11) is 0. The summed E-state index contributed by atoms with van der Waals surface area (Å²) in [5, 5.41) is 9.78. The van der Waals surface area contributed by atoms with Crippen LogP contribution in [0.4, 0.5) is 0 Å². The lowest BCUT2D eigenvalue weighted by Gasteiger charge is -2.12. The first-order valence-electron chi connectivity index (χ1n) is 5.25. The third kappa shape index (κ3) is 1.62. The van der Waals surface area contributed by atoms with Crippen molar-refractivity contribution in [3.05, 3.63) is 29.3 Å². The molecular weight excluding hydrogens is 176 g/mol. The highest BCUT2D eigenvalue weighted by Gasteiger charge is 2.23. The van der Waals surface area contributed by atoms with Gasteiger partial charge in [0.25, 0.3) is 0 Å². The maximum Gasteiger partial charge on any atom is 0.125 e. The van der Waals surface area contributed by atoms with Gasteiger partial charge in [-0.15, -0.1) is 0 Å². The summed E-state index contributed by atoms with van der Waals surface area (Å²) < 4.78 is 5.61. The molecule has 14 heavy (non-hydrogen) atoms. The zero-order valence-electron chi connectivity index (χ0n) is 8.49. The maximum atomic E-state index is 9.78. The van der Waals surface area contributed by atoms with Gasteiger partial charge in [0.05, 0.1) is 12.7 Å². The molecule has 1 atom stereocenters. The van der Waals surface area contributed by atoms with E-state index in [1.165, 1.54) is 5.56 Å². The van der Waals surface area contributed by atoms with Crippen molar-refractivity contribution in [2.24, 2.45) is 0 Å². The summed E-state index contributed by atoms with van der Waals surface area (Å²) in [6, 6.07) is 6.02. The van der Waals surface area contributed by atoms with Gasteiger partial charge < -0.3 is 9.84 Å². The highest BCUT2D eigenvalue weighted by Crippen LogP contribution is 2.37. The molecule has 0 saturated carbocycles. The van der Waals surface area contributed by atoms with E-state index in [4.69, 9.17) is 4.74 Å². The highest BCUT2D eigenvalue weighted by molar-refractivity contribution is 5.44. The van der Waals surface area contributed by atoms with Gasteiger partial charge >= 0.3 is 0 Å². The van der Waals surface area contributed by atoms with Crippen molar-refractivity contribution in [1.29, 1.82) is 0 Å². The van der Waals surface area contributed by atoms with Crippen molar-refractivity contribution in [2.75, 3.05) is 6.61 Å². The lowest BCUT2D eigenvalue weighted by atomic mass is 10.1. The van der Waals surface area contributed by atoms with E-state index >= 15 is 0 Å². The van der Waals surface area contributed by atoms with E-state index in [1.54, 1.807) is 0 Å². The standard InChI is InChI=1S/C12H16O2/c1-2-8-14-11-5-3-4-9-6-7-10(13)12(9)11/h3-5,10,13H,2,6-8H2,1H3. The molecule has 1 aliphatic rings. The maximum absolute atomic E-state index is 9.78. The first kappa shape index (κ1) is 9.53. The Morgan fingerprint density at radius 3 is 3.14 bits per heavy atom. The minimum absolute atomic E-state index is 0.321. The number of aliphatic hydroxyl groups excluding tert-OH is 1. The van der Waals surface area contributed by atoms with Crippen LogP contribution in [0.5, 0.6) is 5.75 Å². The highest BCUT2D eigenvalue weighted by atomic mass is 16.5. The zero-order chi connectivity index (χ0) is 9.97. The van der Waals surface area contributed by atoms with Crippen LogP contribution in [-0.2, 0) is 6.42 Å². The SMILES string of the molecule is CCCOc1cccc2c1C(O)CC2. The van der Waals surface area contributed by atoms with E-state index in [2.05, 4.69) is 13.0 Å². The molecule has 1 aromatic carbocycles. The van der Waals surface area contributed by atoms with Crippen LogP contribution in [0, 0.1) is 0 Å². The third-order valence-electron chi connectivity index (χ3n) is 2.64. The third-order valence-corrected chi connectivity index (χ3v) is 2.64. The molecule has 0 saturated heterocycles. The van der Waals surface area contributed by atoms with Crippen molar-refractivity contribution in [3.8, 4) is 5.75 Å². The van der Waals surface area contributed by atoms with Gasteiger partial charge in [-0.1, -0.05) is 19.1 Å². The summed E-state index contributed by atoms with van der Waals surface area (Å²) in [5.41, 5.74) is 2.26. The minimum Gasteiger partial charge on any atom is -0.493 e. The van der Waals surface area contributed by atoms with Crippen LogP contribution in [0.2, 0.25) is 0 Å². The van der Waals surface area contributed by atoms with E-state index in [0.717, 1.165) is 37.2 Å². The van der Waals surface area contributed by atoms with Crippen molar-refractivity contribution >= 4 is 0 Å². The molecule has 0 bridgehead atoms. The number of hydrogen-bond donors (Lipinski definition) is 1. The molecule has 0 aliphatic heterocycles. The summed E-state index contributed by atoms with van der Waals surface area (Å²) in [4.78, 5) is 0. The molecule has 0 fully saturated rings. The molecule has 2 heteroatoms. The Labute approximate surface area is 84.5 Å². The lowest BCUT2D eigenvalue weighted by Crippen LogP contribution is -2.00. The first-order chi connectivity index (χ1) is 6.83. The summed E-state index contributed by atoms with van der Waals surface area (Å²) in [5.74, 6) is 0.870. The van der Waals surface area contributed by atoms with Gasteiger partial charge in [-0.2, -0.15) is 0 Å². The molecule has 0 radical (unpaired) electrons. The zero-order valence-corrected chi connectivity index (χ0v) is 8.49. The molecule has 0 heterocycles. The molecule has 0 amide bonds. The quantitative estimate of drug-likeness (QED) is 0.797. The summed E-state index contributed by atoms with van der Waals surface area (Å²) >= 11 is 0. The van der Waals surface area contributed by atoms with Gasteiger partial charge in [-0.05, 0) is 30.9 Å². The summed E-state index contributed by atoms with van der Waals surface area (Å²) in [6.07, 6.45) is 2.49. The Bertz CT molecular complexity index is 320. The van der Waals surface area contributed by atoms with Gasteiger partial charge in [0, 0.05) is 5.56 Å². The molecular formula is C12H16O2. The Morgan fingerprint density at radius 1 is 1.50 bits per heavy atom. The van der Waals surface area contributed by atoms with Gasteiger partial charge in [0.2, 0.25) is 0 Å². The molecule has 1 aliphatic carbocycles. The normalized spacial score (nSPS) is 19.4. The van der Waals surface area contributed by atoms with E-state index < -0.39 is 0 Å². The van der Waals surface area contributed by atoms with Crippen molar-refractivity contribution in [3.63, 3.8) is 0 Å². The monoisotopic (exact) mass is 192 g/mol. The Kier molecular flexibility index (Phi) is 2.73. The number of hydrogen-bond acceptors (Lipinski definition) is 2. The van der Waals surface area contributed by atoms with Gasteiger partial charge in [0.1, 0.15) is 5.75 Å². The lowest BCUT2D eigenvalue weighted by molar-refractivity contribution is 0.174. The van der Waals surface area contributed by atoms with Crippen LogP contribution in [0.1, 0.15) is 37.0 Å². The molecule has 1 N–H and O–H groups in total. The van der Waals surface area contributed by atoms with E-state index in [0.29, 0.717) is 0 Å². The molecule has 76 valence electrons. The van der Waals surface area contributed by atoms with Crippen LogP contribution in [-0.4, -0.2) is 11.7 Å².